The molecular formula is C11H17N3OS2. The van der Waals surface area contributed by atoms with Gasteiger partial charge in [0, 0.05) is 16.8 Å². The molecule has 0 saturated carbocycles. The van der Waals surface area contributed by atoms with E-state index in [1.807, 2.05) is 18.4 Å². The van der Waals surface area contributed by atoms with Crippen LogP contribution in [0.1, 0.15) is 41.9 Å². The van der Waals surface area contributed by atoms with Crippen molar-refractivity contribution in [1.29, 1.82) is 0 Å². The van der Waals surface area contributed by atoms with Gasteiger partial charge in [-0.1, -0.05) is 13.8 Å². The van der Waals surface area contributed by atoms with E-state index in [-0.39, 0.29) is 5.91 Å². The molecule has 1 aromatic heterocycles. The summed E-state index contributed by atoms with van der Waals surface area (Å²) in [5, 5.41) is 5.15. The van der Waals surface area contributed by atoms with Crippen molar-refractivity contribution < 1.29 is 4.79 Å². The number of hydrogen-bond donors (Lipinski definition) is 3. The van der Waals surface area contributed by atoms with Crippen molar-refractivity contribution in [3.63, 3.8) is 0 Å². The SMILES string of the molecule is CCNC(=S)NNC(=O)c1csc(C(C)C)c1. The standard InChI is InChI=1S/C11H17N3OS2/c1-4-12-11(16)14-13-10(15)8-5-9(7(2)3)17-6-8/h5-7H,4H2,1-3H3,(H,13,15)(H2,12,14,16). The number of hydrogen-bond acceptors (Lipinski definition) is 3. The molecule has 0 aromatic carbocycles. The average Bonchev–Trinajstić information content (AvgIpc) is 2.75. The second-order valence-electron chi connectivity index (χ2n) is 3.83. The van der Waals surface area contributed by atoms with Gasteiger partial charge in [0.2, 0.25) is 0 Å². The summed E-state index contributed by atoms with van der Waals surface area (Å²) >= 11 is 6.53. The minimum Gasteiger partial charge on any atom is -0.362 e. The molecule has 0 unspecified atom stereocenters. The molecule has 0 saturated heterocycles. The lowest BCUT2D eigenvalue weighted by Gasteiger charge is -2.09. The molecule has 3 N–H and O–H groups in total. The fourth-order valence-electron chi connectivity index (χ4n) is 1.17. The highest BCUT2D eigenvalue weighted by Crippen LogP contribution is 2.22. The summed E-state index contributed by atoms with van der Waals surface area (Å²) in [7, 11) is 0. The van der Waals surface area contributed by atoms with Crippen LogP contribution in [-0.4, -0.2) is 17.6 Å². The summed E-state index contributed by atoms with van der Waals surface area (Å²) < 4.78 is 0. The number of thiophene rings is 1. The van der Waals surface area contributed by atoms with Crippen molar-refractivity contribution in [2.24, 2.45) is 0 Å². The summed E-state index contributed by atoms with van der Waals surface area (Å²) in [5.74, 6) is 0.269. The van der Waals surface area contributed by atoms with Crippen LogP contribution in [0, 0.1) is 0 Å². The van der Waals surface area contributed by atoms with Gasteiger partial charge in [-0.2, -0.15) is 0 Å². The fourth-order valence-corrected chi connectivity index (χ4v) is 2.27. The van der Waals surface area contributed by atoms with E-state index < -0.39 is 0 Å². The third kappa shape index (κ3) is 4.32. The third-order valence-corrected chi connectivity index (χ3v) is 3.56. The molecular weight excluding hydrogens is 254 g/mol. The van der Waals surface area contributed by atoms with E-state index in [1.165, 1.54) is 4.88 Å². The monoisotopic (exact) mass is 271 g/mol. The highest BCUT2D eigenvalue weighted by Gasteiger charge is 2.10. The number of hydrazine groups is 1. The van der Waals surface area contributed by atoms with E-state index in [0.717, 1.165) is 6.54 Å². The molecule has 1 aromatic rings. The van der Waals surface area contributed by atoms with Crippen molar-refractivity contribution in [1.82, 2.24) is 16.2 Å². The van der Waals surface area contributed by atoms with Crippen molar-refractivity contribution in [2.45, 2.75) is 26.7 Å². The van der Waals surface area contributed by atoms with Crippen molar-refractivity contribution in [2.75, 3.05) is 6.54 Å². The first-order valence-electron chi connectivity index (χ1n) is 5.47. The van der Waals surface area contributed by atoms with E-state index >= 15 is 0 Å². The van der Waals surface area contributed by atoms with Gasteiger partial charge in [-0.25, -0.2) is 0 Å². The van der Waals surface area contributed by atoms with Crippen molar-refractivity contribution in [3.05, 3.63) is 21.9 Å². The lowest BCUT2D eigenvalue weighted by atomic mass is 10.1. The smallest absolute Gasteiger partial charge is 0.270 e. The predicted octanol–water partition coefficient (Wildman–Crippen LogP) is 2.00. The minimum atomic E-state index is -0.173. The maximum absolute atomic E-state index is 11.7. The zero-order chi connectivity index (χ0) is 12.8. The van der Waals surface area contributed by atoms with Gasteiger partial charge in [0.1, 0.15) is 0 Å². The van der Waals surface area contributed by atoms with E-state index in [4.69, 9.17) is 12.2 Å². The van der Waals surface area contributed by atoms with Gasteiger partial charge in [-0.05, 0) is 31.1 Å². The zero-order valence-corrected chi connectivity index (χ0v) is 11.8. The van der Waals surface area contributed by atoms with Crippen LogP contribution in [0.3, 0.4) is 0 Å². The number of carbonyl (C=O) groups excluding carboxylic acids is 1. The Morgan fingerprint density at radius 3 is 2.71 bits per heavy atom. The van der Waals surface area contributed by atoms with Gasteiger partial charge in [0.05, 0.1) is 5.56 Å². The Bertz CT molecular complexity index is 401. The second kappa shape index (κ2) is 6.56. The Morgan fingerprint density at radius 2 is 2.18 bits per heavy atom. The molecule has 4 nitrogen and oxygen atoms in total. The van der Waals surface area contributed by atoms with E-state index in [2.05, 4.69) is 30.0 Å². The maximum Gasteiger partial charge on any atom is 0.270 e. The van der Waals surface area contributed by atoms with E-state index in [9.17, 15) is 4.79 Å². The fraction of sp³-hybridized carbons (Fsp3) is 0.455. The van der Waals surface area contributed by atoms with E-state index in [0.29, 0.717) is 16.6 Å². The minimum absolute atomic E-state index is 0.173. The summed E-state index contributed by atoms with van der Waals surface area (Å²) in [4.78, 5) is 12.9. The first-order valence-corrected chi connectivity index (χ1v) is 6.76. The quantitative estimate of drug-likeness (QED) is 0.581. The van der Waals surface area contributed by atoms with Crippen molar-refractivity contribution >= 4 is 34.6 Å². The molecule has 0 spiro atoms. The molecule has 0 fully saturated rings. The molecule has 0 aliphatic rings. The molecule has 0 aliphatic heterocycles. The molecule has 1 amide bonds. The van der Waals surface area contributed by atoms with Crippen molar-refractivity contribution in [3.8, 4) is 0 Å². The molecule has 1 heterocycles. The van der Waals surface area contributed by atoms with Gasteiger partial charge in [0.15, 0.2) is 5.11 Å². The van der Waals surface area contributed by atoms with Gasteiger partial charge >= 0.3 is 0 Å². The number of rotatable bonds is 3. The van der Waals surface area contributed by atoms with Gasteiger partial charge in [-0.15, -0.1) is 11.3 Å². The summed E-state index contributed by atoms with van der Waals surface area (Å²) in [6.45, 7) is 6.86. The predicted molar refractivity (Wildman–Crippen MR) is 75.3 cm³/mol. The van der Waals surface area contributed by atoms with E-state index in [1.54, 1.807) is 11.3 Å². The highest BCUT2D eigenvalue weighted by molar-refractivity contribution is 7.80. The van der Waals surface area contributed by atoms with Crippen LogP contribution in [0.4, 0.5) is 0 Å². The number of nitrogens with one attached hydrogen (secondary N) is 3. The first-order chi connectivity index (χ1) is 8.04. The summed E-state index contributed by atoms with van der Waals surface area (Å²) in [6, 6.07) is 1.91. The molecule has 0 atom stereocenters. The highest BCUT2D eigenvalue weighted by atomic mass is 32.1. The van der Waals surface area contributed by atoms with Crippen LogP contribution in [-0.2, 0) is 0 Å². The van der Waals surface area contributed by atoms with Crippen LogP contribution < -0.4 is 16.2 Å². The van der Waals surface area contributed by atoms with Crippen LogP contribution in [0.25, 0.3) is 0 Å². The normalized spacial score (nSPS) is 10.1. The molecule has 94 valence electrons. The molecule has 0 aliphatic carbocycles. The average molecular weight is 271 g/mol. The molecule has 6 heteroatoms. The second-order valence-corrected chi connectivity index (χ2v) is 5.18. The van der Waals surface area contributed by atoms with Crippen LogP contribution >= 0.6 is 23.6 Å². The molecule has 17 heavy (non-hydrogen) atoms. The lowest BCUT2D eigenvalue weighted by Crippen LogP contribution is -2.46. The number of carbonyl (C=O) groups is 1. The Hall–Kier alpha value is -1.14. The Labute approximate surface area is 111 Å². The summed E-state index contributed by atoms with van der Waals surface area (Å²) in [5.41, 5.74) is 5.85. The molecule has 0 radical (unpaired) electrons. The van der Waals surface area contributed by atoms with Crippen LogP contribution in [0.15, 0.2) is 11.4 Å². The Kier molecular flexibility index (Phi) is 5.37. The van der Waals surface area contributed by atoms with Crippen LogP contribution in [0.5, 0.6) is 0 Å². The Morgan fingerprint density at radius 1 is 1.47 bits per heavy atom. The lowest BCUT2D eigenvalue weighted by molar-refractivity contribution is 0.0944. The topological polar surface area (TPSA) is 53.2 Å². The maximum atomic E-state index is 11.7. The van der Waals surface area contributed by atoms with Gasteiger partial charge in [0.25, 0.3) is 5.91 Å². The third-order valence-electron chi connectivity index (χ3n) is 2.08. The van der Waals surface area contributed by atoms with Gasteiger partial charge in [-0.3, -0.25) is 15.6 Å². The number of thiocarbonyl (C=S) groups is 1. The summed E-state index contributed by atoms with van der Waals surface area (Å²) in [6.07, 6.45) is 0. The van der Waals surface area contributed by atoms with Gasteiger partial charge < -0.3 is 5.32 Å². The Balaban J connectivity index is 2.49. The zero-order valence-electron chi connectivity index (χ0n) is 10.2. The van der Waals surface area contributed by atoms with Crippen LogP contribution in [0.2, 0.25) is 0 Å². The molecule has 1 rings (SSSR count). The number of amides is 1. The largest absolute Gasteiger partial charge is 0.362 e. The first kappa shape index (κ1) is 13.9. The molecule has 0 bridgehead atoms.